The van der Waals surface area contributed by atoms with E-state index in [4.69, 9.17) is 5.73 Å². The number of nitrogens with zero attached hydrogens (tertiary/aromatic N) is 1. The number of benzene rings is 1. The van der Waals surface area contributed by atoms with Crippen LogP contribution in [0.25, 0.3) is 0 Å². The first-order chi connectivity index (χ1) is 10.1. The molecule has 21 heavy (non-hydrogen) atoms. The van der Waals surface area contributed by atoms with E-state index < -0.39 is 10.0 Å². The van der Waals surface area contributed by atoms with Crippen molar-refractivity contribution in [3.63, 3.8) is 0 Å². The quantitative estimate of drug-likeness (QED) is 0.785. The second kappa shape index (κ2) is 7.89. The third-order valence-electron chi connectivity index (χ3n) is 3.72. The van der Waals surface area contributed by atoms with Crippen molar-refractivity contribution in [2.75, 3.05) is 25.4 Å². The molecule has 1 saturated heterocycles. The van der Waals surface area contributed by atoms with Crippen LogP contribution in [0.3, 0.4) is 0 Å². The summed E-state index contributed by atoms with van der Waals surface area (Å²) in [6, 6.07) is 10.3. The Bertz CT molecular complexity index is 519. The monoisotopic (exact) mass is 311 g/mol. The van der Waals surface area contributed by atoms with E-state index in [1.807, 2.05) is 18.2 Å². The van der Waals surface area contributed by atoms with Gasteiger partial charge in [0.15, 0.2) is 0 Å². The van der Waals surface area contributed by atoms with Crippen molar-refractivity contribution in [1.29, 1.82) is 0 Å². The molecular formula is C15H25N3O2S. The number of nitrogens with two attached hydrogens (primary N) is 1. The number of hydrogen-bond acceptors (Lipinski definition) is 4. The molecule has 0 saturated carbocycles. The molecule has 1 aliphatic heterocycles. The lowest BCUT2D eigenvalue weighted by Gasteiger charge is -2.33. The molecule has 1 fully saturated rings. The summed E-state index contributed by atoms with van der Waals surface area (Å²) in [5.41, 5.74) is 6.64. The van der Waals surface area contributed by atoms with Gasteiger partial charge in [-0.2, -0.15) is 0 Å². The molecule has 1 unspecified atom stereocenters. The zero-order valence-electron chi connectivity index (χ0n) is 12.4. The highest BCUT2D eigenvalue weighted by Crippen LogP contribution is 2.14. The molecule has 1 atom stereocenters. The summed E-state index contributed by atoms with van der Waals surface area (Å²) in [6.45, 7) is 3.08. The zero-order valence-corrected chi connectivity index (χ0v) is 13.2. The number of likely N-dealkylation sites (tertiary alicyclic amines) is 1. The third-order valence-corrected chi connectivity index (χ3v) is 5.24. The van der Waals surface area contributed by atoms with Gasteiger partial charge in [-0.05, 0) is 37.9 Å². The molecule has 6 heteroatoms. The summed E-state index contributed by atoms with van der Waals surface area (Å²) in [5, 5.41) is 0. The summed E-state index contributed by atoms with van der Waals surface area (Å²) in [6.07, 6.45) is 2.44. The SMILES string of the molecule is NCCCS(=O)(=O)NC1CCCN(Cc2ccccc2)C1. The van der Waals surface area contributed by atoms with Crippen molar-refractivity contribution in [2.45, 2.75) is 31.8 Å². The van der Waals surface area contributed by atoms with Crippen LogP contribution in [-0.4, -0.2) is 44.7 Å². The maximum absolute atomic E-state index is 11.9. The predicted octanol–water partition coefficient (Wildman–Crippen LogP) is 0.919. The van der Waals surface area contributed by atoms with Crippen molar-refractivity contribution in [2.24, 2.45) is 5.73 Å². The van der Waals surface area contributed by atoms with Gasteiger partial charge >= 0.3 is 0 Å². The smallest absolute Gasteiger partial charge is 0.211 e. The number of sulfonamides is 1. The standard InChI is InChI=1S/C15H25N3O2S/c16-9-5-11-21(19,20)17-15-8-4-10-18(13-15)12-14-6-2-1-3-7-14/h1-3,6-7,15,17H,4-5,8-13,16H2. The van der Waals surface area contributed by atoms with Crippen molar-refractivity contribution in [3.8, 4) is 0 Å². The van der Waals surface area contributed by atoms with Crippen LogP contribution in [-0.2, 0) is 16.6 Å². The summed E-state index contributed by atoms with van der Waals surface area (Å²) in [4.78, 5) is 2.31. The number of hydrogen-bond donors (Lipinski definition) is 2. The van der Waals surface area contributed by atoms with Crippen LogP contribution in [0.2, 0.25) is 0 Å². The molecule has 3 N–H and O–H groups in total. The van der Waals surface area contributed by atoms with Crippen LogP contribution in [0.5, 0.6) is 0 Å². The molecule has 0 aliphatic carbocycles. The van der Waals surface area contributed by atoms with Gasteiger partial charge in [-0.3, -0.25) is 4.90 Å². The normalized spacial score (nSPS) is 20.5. The molecule has 1 aromatic rings. The van der Waals surface area contributed by atoms with E-state index in [2.05, 4.69) is 21.8 Å². The Hall–Kier alpha value is -0.950. The summed E-state index contributed by atoms with van der Waals surface area (Å²) in [5.74, 6) is 0.124. The zero-order chi connectivity index (χ0) is 15.1. The lowest BCUT2D eigenvalue weighted by molar-refractivity contribution is 0.194. The average molecular weight is 311 g/mol. The Kier molecular flexibility index (Phi) is 6.17. The van der Waals surface area contributed by atoms with Gasteiger partial charge in [-0.15, -0.1) is 0 Å². The van der Waals surface area contributed by atoms with Gasteiger partial charge in [-0.25, -0.2) is 13.1 Å². The minimum absolute atomic E-state index is 0.0187. The summed E-state index contributed by atoms with van der Waals surface area (Å²) >= 11 is 0. The molecule has 1 aromatic carbocycles. The van der Waals surface area contributed by atoms with E-state index in [9.17, 15) is 8.42 Å². The molecule has 1 aliphatic rings. The highest BCUT2D eigenvalue weighted by Gasteiger charge is 2.23. The van der Waals surface area contributed by atoms with E-state index >= 15 is 0 Å². The van der Waals surface area contributed by atoms with E-state index in [-0.39, 0.29) is 11.8 Å². The minimum atomic E-state index is -3.20. The molecule has 0 aromatic heterocycles. The van der Waals surface area contributed by atoms with Crippen LogP contribution in [0, 0.1) is 0 Å². The van der Waals surface area contributed by atoms with Gasteiger partial charge in [-0.1, -0.05) is 30.3 Å². The Labute approximate surface area is 127 Å². The van der Waals surface area contributed by atoms with Gasteiger partial charge < -0.3 is 5.73 Å². The Morgan fingerprint density at radius 1 is 1.29 bits per heavy atom. The molecular weight excluding hydrogens is 286 g/mol. The van der Waals surface area contributed by atoms with Gasteiger partial charge in [0, 0.05) is 19.1 Å². The maximum Gasteiger partial charge on any atom is 0.211 e. The van der Waals surface area contributed by atoms with Crippen LogP contribution in [0.1, 0.15) is 24.8 Å². The average Bonchev–Trinajstić information content (AvgIpc) is 2.46. The summed E-state index contributed by atoms with van der Waals surface area (Å²) in [7, 11) is -3.20. The third kappa shape index (κ3) is 5.74. The molecule has 0 amide bonds. The van der Waals surface area contributed by atoms with Crippen LogP contribution in [0.4, 0.5) is 0 Å². The largest absolute Gasteiger partial charge is 0.330 e. The first-order valence-corrected chi connectivity index (χ1v) is 9.20. The van der Waals surface area contributed by atoms with E-state index in [1.165, 1.54) is 5.56 Å². The predicted molar refractivity (Wildman–Crippen MR) is 85.3 cm³/mol. The van der Waals surface area contributed by atoms with E-state index in [1.54, 1.807) is 0 Å². The van der Waals surface area contributed by atoms with Crippen molar-refractivity contribution in [1.82, 2.24) is 9.62 Å². The van der Waals surface area contributed by atoms with Crippen molar-refractivity contribution in [3.05, 3.63) is 35.9 Å². The molecule has 2 rings (SSSR count). The summed E-state index contributed by atoms with van der Waals surface area (Å²) < 4.78 is 26.7. The van der Waals surface area contributed by atoms with E-state index in [0.29, 0.717) is 13.0 Å². The highest BCUT2D eigenvalue weighted by molar-refractivity contribution is 7.89. The topological polar surface area (TPSA) is 75.4 Å². The molecule has 0 bridgehead atoms. The Balaban J connectivity index is 1.86. The van der Waals surface area contributed by atoms with E-state index in [0.717, 1.165) is 32.5 Å². The van der Waals surface area contributed by atoms with Crippen LogP contribution in [0.15, 0.2) is 30.3 Å². The fourth-order valence-corrected chi connectivity index (χ4v) is 4.09. The van der Waals surface area contributed by atoms with Gasteiger partial charge in [0.1, 0.15) is 0 Å². The van der Waals surface area contributed by atoms with Crippen molar-refractivity contribution < 1.29 is 8.42 Å². The van der Waals surface area contributed by atoms with Gasteiger partial charge in [0.25, 0.3) is 0 Å². The van der Waals surface area contributed by atoms with Gasteiger partial charge in [0.2, 0.25) is 10.0 Å². The fourth-order valence-electron chi connectivity index (χ4n) is 2.72. The molecule has 5 nitrogen and oxygen atoms in total. The first-order valence-electron chi connectivity index (χ1n) is 7.55. The number of piperidine rings is 1. The van der Waals surface area contributed by atoms with Crippen molar-refractivity contribution >= 4 is 10.0 Å². The molecule has 0 spiro atoms. The molecule has 0 radical (unpaired) electrons. The Morgan fingerprint density at radius 3 is 2.76 bits per heavy atom. The van der Waals surface area contributed by atoms with Gasteiger partial charge in [0.05, 0.1) is 5.75 Å². The number of rotatable bonds is 7. The second-order valence-corrected chi connectivity index (χ2v) is 7.51. The molecule has 1 heterocycles. The number of nitrogens with one attached hydrogen (secondary N) is 1. The van der Waals surface area contributed by atoms with Crippen LogP contribution < -0.4 is 10.5 Å². The fraction of sp³-hybridized carbons (Fsp3) is 0.600. The lowest BCUT2D eigenvalue weighted by atomic mass is 10.1. The first kappa shape index (κ1) is 16.4. The van der Waals surface area contributed by atoms with Crippen LogP contribution >= 0.6 is 0 Å². The highest BCUT2D eigenvalue weighted by atomic mass is 32.2. The maximum atomic E-state index is 11.9. The lowest BCUT2D eigenvalue weighted by Crippen LogP contribution is -2.47. The second-order valence-electron chi connectivity index (χ2n) is 5.64. The minimum Gasteiger partial charge on any atom is -0.330 e. The Morgan fingerprint density at radius 2 is 2.05 bits per heavy atom. The molecule has 118 valence electrons.